The maximum absolute atomic E-state index is 12.1. The number of hydrogen-bond donors (Lipinski definition) is 2. The number of rotatable bonds is 4. The zero-order valence-corrected chi connectivity index (χ0v) is 12.5. The number of piperidine rings is 1. The minimum absolute atomic E-state index is 0.0138. The fraction of sp³-hybridized carbons (Fsp3) is 0.727. The van der Waals surface area contributed by atoms with Crippen molar-refractivity contribution in [2.45, 2.75) is 24.7 Å². The van der Waals surface area contributed by atoms with Gasteiger partial charge in [0.25, 0.3) is 0 Å². The first-order chi connectivity index (χ1) is 8.99. The summed E-state index contributed by atoms with van der Waals surface area (Å²) in [5.41, 5.74) is 5.72. The van der Waals surface area contributed by atoms with Crippen LogP contribution in [0.2, 0.25) is 0 Å². The molecule has 1 atom stereocenters. The number of nitrogens with zero attached hydrogens (tertiary/aromatic N) is 2. The van der Waals surface area contributed by atoms with Gasteiger partial charge in [0, 0.05) is 19.7 Å². The van der Waals surface area contributed by atoms with Crippen molar-refractivity contribution in [2.75, 3.05) is 36.1 Å². The molecule has 108 valence electrons. The summed E-state index contributed by atoms with van der Waals surface area (Å²) in [5, 5.41) is 9.88. The molecule has 2 heterocycles. The van der Waals surface area contributed by atoms with Crippen LogP contribution < -0.4 is 10.6 Å². The van der Waals surface area contributed by atoms with Gasteiger partial charge in [-0.05, 0) is 30.3 Å². The summed E-state index contributed by atoms with van der Waals surface area (Å²) >= 11 is 1.13. The molecule has 1 aromatic rings. The molecular weight excluding hydrogens is 286 g/mol. The van der Waals surface area contributed by atoms with Crippen molar-refractivity contribution in [1.29, 1.82) is 0 Å². The summed E-state index contributed by atoms with van der Waals surface area (Å²) in [6.07, 6.45) is 1.91. The Kier molecular flexibility index (Phi) is 4.32. The van der Waals surface area contributed by atoms with Gasteiger partial charge in [-0.3, -0.25) is 0 Å². The molecule has 8 heteroatoms. The van der Waals surface area contributed by atoms with Gasteiger partial charge in [-0.25, -0.2) is 8.42 Å². The van der Waals surface area contributed by atoms with Crippen LogP contribution in [0, 0.1) is 5.92 Å². The van der Waals surface area contributed by atoms with Crippen molar-refractivity contribution in [3.63, 3.8) is 0 Å². The van der Waals surface area contributed by atoms with Gasteiger partial charge in [0.1, 0.15) is 9.90 Å². The summed E-state index contributed by atoms with van der Waals surface area (Å²) < 4.78 is 28.2. The molecule has 0 saturated carbocycles. The molecule has 0 radical (unpaired) electrons. The molecule has 1 unspecified atom stereocenters. The topological polar surface area (TPSA) is 96.5 Å². The highest BCUT2D eigenvalue weighted by molar-refractivity contribution is 7.91. The van der Waals surface area contributed by atoms with Gasteiger partial charge in [-0.15, -0.1) is 0 Å². The van der Waals surface area contributed by atoms with Crippen molar-refractivity contribution in [1.82, 2.24) is 4.37 Å². The van der Waals surface area contributed by atoms with E-state index in [1.807, 2.05) is 4.90 Å². The van der Waals surface area contributed by atoms with Gasteiger partial charge < -0.3 is 15.7 Å². The maximum atomic E-state index is 12.1. The lowest BCUT2D eigenvalue weighted by atomic mass is 9.99. The molecule has 0 aliphatic carbocycles. The third-order valence-corrected chi connectivity index (χ3v) is 6.25. The molecular formula is C11H19N3O3S2. The summed E-state index contributed by atoms with van der Waals surface area (Å²) in [6, 6.07) is 0. The monoisotopic (exact) mass is 305 g/mol. The third-order valence-electron chi connectivity index (χ3n) is 3.41. The highest BCUT2D eigenvalue weighted by Crippen LogP contribution is 2.37. The van der Waals surface area contributed by atoms with Crippen LogP contribution >= 0.6 is 11.5 Å². The lowest BCUT2D eigenvalue weighted by Gasteiger charge is -2.32. The smallest absolute Gasteiger partial charge is 0.184 e. The highest BCUT2D eigenvalue weighted by atomic mass is 32.2. The van der Waals surface area contributed by atoms with Crippen molar-refractivity contribution in [3.05, 3.63) is 0 Å². The summed E-state index contributed by atoms with van der Waals surface area (Å²) in [5.74, 6) is 0.294. The van der Waals surface area contributed by atoms with E-state index in [-0.39, 0.29) is 29.0 Å². The Bertz CT molecular complexity index is 541. The molecule has 1 fully saturated rings. The van der Waals surface area contributed by atoms with E-state index < -0.39 is 9.84 Å². The predicted molar refractivity (Wildman–Crippen MR) is 76.3 cm³/mol. The molecule has 0 amide bonds. The minimum atomic E-state index is -3.37. The zero-order valence-electron chi connectivity index (χ0n) is 10.9. The standard InChI is InChI=1S/C11H19N3O3S2/c1-2-19(16,17)9-10(12)13-18-11(9)14-5-3-4-8(6-14)7-15/h8,15H,2-7H2,1H3,(H2,12,13). The van der Waals surface area contributed by atoms with Crippen LogP contribution in [-0.4, -0.2) is 43.3 Å². The predicted octanol–water partition coefficient (Wildman–Crippen LogP) is 0.728. The molecule has 1 aliphatic heterocycles. The number of hydrogen-bond acceptors (Lipinski definition) is 7. The molecule has 0 spiro atoms. The Morgan fingerprint density at radius 2 is 2.32 bits per heavy atom. The molecule has 0 aromatic carbocycles. The lowest BCUT2D eigenvalue weighted by molar-refractivity contribution is 0.209. The van der Waals surface area contributed by atoms with Gasteiger partial charge >= 0.3 is 0 Å². The van der Waals surface area contributed by atoms with E-state index in [0.29, 0.717) is 11.5 Å². The fourth-order valence-corrected chi connectivity index (χ4v) is 4.66. The van der Waals surface area contributed by atoms with Crippen molar-refractivity contribution >= 4 is 32.2 Å². The summed E-state index contributed by atoms with van der Waals surface area (Å²) in [7, 11) is -3.37. The molecule has 6 nitrogen and oxygen atoms in total. The van der Waals surface area contributed by atoms with E-state index in [1.54, 1.807) is 6.92 Å². The van der Waals surface area contributed by atoms with Gasteiger partial charge in [0.2, 0.25) is 0 Å². The second-order valence-electron chi connectivity index (χ2n) is 4.74. The normalized spacial score (nSPS) is 20.7. The number of sulfone groups is 1. The van der Waals surface area contributed by atoms with E-state index in [4.69, 9.17) is 5.73 Å². The van der Waals surface area contributed by atoms with Gasteiger partial charge in [-0.2, -0.15) is 4.37 Å². The first-order valence-electron chi connectivity index (χ1n) is 6.33. The number of aliphatic hydroxyl groups is 1. The number of aliphatic hydroxyl groups excluding tert-OH is 1. The first kappa shape index (κ1) is 14.5. The largest absolute Gasteiger partial charge is 0.396 e. The van der Waals surface area contributed by atoms with Crippen LogP contribution in [0.3, 0.4) is 0 Å². The number of nitrogens with two attached hydrogens (primary N) is 1. The van der Waals surface area contributed by atoms with Crippen LogP contribution in [0.25, 0.3) is 0 Å². The van der Waals surface area contributed by atoms with Crippen molar-refractivity contribution in [2.24, 2.45) is 5.92 Å². The van der Waals surface area contributed by atoms with Crippen molar-refractivity contribution in [3.8, 4) is 0 Å². The average Bonchev–Trinajstić information content (AvgIpc) is 2.81. The van der Waals surface area contributed by atoms with Crippen molar-refractivity contribution < 1.29 is 13.5 Å². The Hall–Kier alpha value is -0.860. The third kappa shape index (κ3) is 2.85. The molecule has 19 heavy (non-hydrogen) atoms. The van der Waals surface area contributed by atoms with Crippen LogP contribution in [0.15, 0.2) is 4.90 Å². The zero-order chi connectivity index (χ0) is 14.0. The fourth-order valence-electron chi connectivity index (χ4n) is 2.32. The van der Waals surface area contributed by atoms with Crippen LogP contribution in [0.1, 0.15) is 19.8 Å². The van der Waals surface area contributed by atoms with Gasteiger partial charge in [0.05, 0.1) is 5.75 Å². The molecule has 1 aromatic heterocycles. The Morgan fingerprint density at radius 3 is 2.95 bits per heavy atom. The molecule has 1 aliphatic rings. The SMILES string of the molecule is CCS(=O)(=O)c1c(N)nsc1N1CCCC(CO)C1. The van der Waals surface area contributed by atoms with E-state index in [2.05, 4.69) is 4.37 Å². The van der Waals surface area contributed by atoms with Gasteiger partial charge in [-0.1, -0.05) is 6.92 Å². The molecule has 3 N–H and O–H groups in total. The average molecular weight is 305 g/mol. The highest BCUT2D eigenvalue weighted by Gasteiger charge is 2.29. The second kappa shape index (κ2) is 5.64. The van der Waals surface area contributed by atoms with E-state index >= 15 is 0 Å². The van der Waals surface area contributed by atoms with Crippen LogP contribution in [0.5, 0.6) is 0 Å². The van der Waals surface area contributed by atoms with Gasteiger partial charge in [0.15, 0.2) is 15.7 Å². The molecule has 2 rings (SSSR count). The van der Waals surface area contributed by atoms with E-state index in [9.17, 15) is 13.5 Å². The Morgan fingerprint density at radius 1 is 1.58 bits per heavy atom. The maximum Gasteiger partial charge on any atom is 0.184 e. The Labute approximate surface area is 117 Å². The molecule has 0 bridgehead atoms. The van der Waals surface area contributed by atoms with Crippen LogP contribution in [-0.2, 0) is 9.84 Å². The van der Waals surface area contributed by atoms with E-state index in [1.165, 1.54) is 0 Å². The number of aromatic nitrogens is 1. The second-order valence-corrected chi connectivity index (χ2v) is 7.71. The summed E-state index contributed by atoms with van der Waals surface area (Å²) in [6.45, 7) is 3.17. The lowest BCUT2D eigenvalue weighted by Crippen LogP contribution is -2.37. The molecule has 1 saturated heterocycles. The van der Waals surface area contributed by atoms with Crippen LogP contribution in [0.4, 0.5) is 10.8 Å². The number of anilines is 2. The first-order valence-corrected chi connectivity index (χ1v) is 8.75. The minimum Gasteiger partial charge on any atom is -0.396 e. The summed E-state index contributed by atoms with van der Waals surface area (Å²) in [4.78, 5) is 2.15. The Balaban J connectivity index is 2.36. The quantitative estimate of drug-likeness (QED) is 0.851. The van der Waals surface area contributed by atoms with E-state index in [0.717, 1.165) is 30.9 Å². The number of nitrogen functional groups attached to an aromatic ring is 1.